The van der Waals surface area contributed by atoms with Crippen molar-refractivity contribution in [1.82, 2.24) is 10.8 Å². The Morgan fingerprint density at radius 2 is 1.79 bits per heavy atom. The Bertz CT molecular complexity index is 527. The van der Waals surface area contributed by atoms with Crippen LogP contribution in [0.5, 0.6) is 0 Å². The van der Waals surface area contributed by atoms with Gasteiger partial charge >= 0.3 is 0 Å². The summed E-state index contributed by atoms with van der Waals surface area (Å²) in [5, 5.41) is 11.3. The second-order valence-corrected chi connectivity index (χ2v) is 5.75. The number of hydrogen-bond acceptors (Lipinski definition) is 5. The lowest BCUT2D eigenvalue weighted by atomic mass is 10.1. The number of ether oxygens (including phenoxy) is 1. The zero-order chi connectivity index (χ0) is 17.2. The quantitative estimate of drug-likeness (QED) is 0.379. The van der Waals surface area contributed by atoms with Gasteiger partial charge in [0.2, 0.25) is 5.91 Å². The van der Waals surface area contributed by atoms with Gasteiger partial charge in [-0.25, -0.2) is 5.48 Å². The topological polar surface area (TPSA) is 90.9 Å². The largest absolute Gasteiger partial charge is 0.378 e. The molecule has 1 saturated heterocycles. The molecule has 0 unspecified atom stereocenters. The summed E-state index contributed by atoms with van der Waals surface area (Å²) in [5.41, 5.74) is 3.36. The Labute approximate surface area is 141 Å². The second-order valence-electron chi connectivity index (χ2n) is 5.75. The molecule has 1 heterocycles. The van der Waals surface area contributed by atoms with Gasteiger partial charge in [-0.3, -0.25) is 14.8 Å². The number of benzene rings is 1. The van der Waals surface area contributed by atoms with E-state index in [0.29, 0.717) is 24.9 Å². The van der Waals surface area contributed by atoms with E-state index in [4.69, 9.17) is 9.94 Å². The SMILES string of the molecule is O=C(CCCCCNC(=O)c1ccc(N2CCOCC2)cc1)NO. The van der Waals surface area contributed by atoms with Gasteiger partial charge in [0.25, 0.3) is 5.91 Å². The van der Waals surface area contributed by atoms with Gasteiger partial charge in [-0.05, 0) is 37.1 Å². The molecular formula is C17H25N3O4. The number of nitrogens with zero attached hydrogens (tertiary/aromatic N) is 1. The average molecular weight is 335 g/mol. The molecule has 0 spiro atoms. The molecule has 1 fully saturated rings. The lowest BCUT2D eigenvalue weighted by Crippen LogP contribution is -2.36. The van der Waals surface area contributed by atoms with E-state index in [9.17, 15) is 9.59 Å². The second kappa shape index (κ2) is 9.89. The van der Waals surface area contributed by atoms with E-state index in [0.717, 1.165) is 44.8 Å². The molecule has 132 valence electrons. The molecule has 0 aliphatic carbocycles. The van der Waals surface area contributed by atoms with Gasteiger partial charge in [0, 0.05) is 37.3 Å². The number of morpholine rings is 1. The first-order chi connectivity index (χ1) is 11.7. The molecular weight excluding hydrogens is 310 g/mol. The first kappa shape index (κ1) is 18.2. The molecule has 1 aromatic rings. The monoisotopic (exact) mass is 335 g/mol. The van der Waals surface area contributed by atoms with E-state index >= 15 is 0 Å². The number of hydrogen-bond donors (Lipinski definition) is 3. The first-order valence-corrected chi connectivity index (χ1v) is 8.34. The van der Waals surface area contributed by atoms with Crippen LogP contribution in [-0.2, 0) is 9.53 Å². The summed E-state index contributed by atoms with van der Waals surface area (Å²) in [5.74, 6) is -0.462. The molecule has 3 N–H and O–H groups in total. The van der Waals surface area contributed by atoms with E-state index in [1.807, 2.05) is 24.3 Å². The molecule has 0 bridgehead atoms. The zero-order valence-corrected chi connectivity index (χ0v) is 13.8. The summed E-state index contributed by atoms with van der Waals surface area (Å²) in [6.45, 7) is 3.80. The van der Waals surface area contributed by atoms with Crippen molar-refractivity contribution >= 4 is 17.5 Å². The fourth-order valence-electron chi connectivity index (χ4n) is 2.59. The number of unbranched alkanes of at least 4 members (excludes halogenated alkanes) is 2. The molecule has 0 radical (unpaired) electrons. The van der Waals surface area contributed by atoms with Crippen molar-refractivity contribution in [2.24, 2.45) is 0 Å². The maximum atomic E-state index is 12.1. The van der Waals surface area contributed by atoms with Crippen molar-refractivity contribution in [2.75, 3.05) is 37.7 Å². The highest BCUT2D eigenvalue weighted by Crippen LogP contribution is 2.16. The van der Waals surface area contributed by atoms with Crippen molar-refractivity contribution in [2.45, 2.75) is 25.7 Å². The molecule has 7 heteroatoms. The van der Waals surface area contributed by atoms with Gasteiger partial charge < -0.3 is 15.0 Å². The highest BCUT2D eigenvalue weighted by Gasteiger charge is 2.12. The predicted octanol–water partition coefficient (Wildman–Crippen LogP) is 1.32. The normalized spacial score (nSPS) is 14.3. The van der Waals surface area contributed by atoms with Gasteiger partial charge in [-0.1, -0.05) is 6.42 Å². The Balaban J connectivity index is 1.67. The lowest BCUT2D eigenvalue weighted by molar-refractivity contribution is -0.129. The highest BCUT2D eigenvalue weighted by atomic mass is 16.5. The van der Waals surface area contributed by atoms with Crippen LogP contribution in [0.1, 0.15) is 36.0 Å². The van der Waals surface area contributed by atoms with Gasteiger partial charge in [0.1, 0.15) is 0 Å². The molecule has 7 nitrogen and oxygen atoms in total. The Kier molecular flexibility index (Phi) is 7.51. The number of carbonyl (C=O) groups excluding carboxylic acids is 2. The molecule has 0 atom stereocenters. The Morgan fingerprint density at radius 1 is 1.08 bits per heavy atom. The Hall–Kier alpha value is -2.12. The standard InChI is InChI=1S/C17H25N3O4/c21-16(19-23)4-2-1-3-9-18-17(22)14-5-7-15(8-6-14)20-10-12-24-13-11-20/h5-8,23H,1-4,9-13H2,(H,18,22)(H,19,21). The molecule has 2 amide bonds. The highest BCUT2D eigenvalue weighted by molar-refractivity contribution is 5.94. The van der Waals surface area contributed by atoms with E-state index in [1.54, 1.807) is 5.48 Å². The van der Waals surface area contributed by atoms with Crippen molar-refractivity contribution in [3.63, 3.8) is 0 Å². The fraction of sp³-hybridized carbons (Fsp3) is 0.529. The molecule has 0 saturated carbocycles. The van der Waals surface area contributed by atoms with Gasteiger partial charge in [-0.15, -0.1) is 0 Å². The van der Waals surface area contributed by atoms with Crippen molar-refractivity contribution < 1.29 is 19.5 Å². The maximum absolute atomic E-state index is 12.1. The van der Waals surface area contributed by atoms with Crippen LogP contribution in [0.2, 0.25) is 0 Å². The van der Waals surface area contributed by atoms with Gasteiger partial charge in [0.05, 0.1) is 13.2 Å². The molecule has 1 aliphatic heterocycles. The summed E-state index contributed by atoms with van der Waals surface area (Å²) in [4.78, 5) is 25.2. The van der Waals surface area contributed by atoms with Crippen LogP contribution >= 0.6 is 0 Å². The molecule has 24 heavy (non-hydrogen) atoms. The lowest BCUT2D eigenvalue weighted by Gasteiger charge is -2.28. The van der Waals surface area contributed by atoms with Crippen LogP contribution < -0.4 is 15.7 Å². The summed E-state index contributed by atoms with van der Waals surface area (Å²) >= 11 is 0. The van der Waals surface area contributed by atoms with Crippen LogP contribution in [0.4, 0.5) is 5.69 Å². The number of amides is 2. The number of hydroxylamine groups is 1. The zero-order valence-electron chi connectivity index (χ0n) is 13.8. The van der Waals surface area contributed by atoms with Crippen LogP contribution in [0, 0.1) is 0 Å². The number of carbonyl (C=O) groups is 2. The van der Waals surface area contributed by atoms with Crippen LogP contribution in [-0.4, -0.2) is 49.9 Å². The summed E-state index contributed by atoms with van der Waals surface area (Å²) in [7, 11) is 0. The molecule has 2 rings (SSSR count). The summed E-state index contributed by atoms with van der Waals surface area (Å²) in [6.07, 6.45) is 2.62. The number of anilines is 1. The summed E-state index contributed by atoms with van der Waals surface area (Å²) < 4.78 is 5.33. The maximum Gasteiger partial charge on any atom is 0.251 e. The van der Waals surface area contributed by atoms with Crippen LogP contribution in [0.3, 0.4) is 0 Å². The third-order valence-electron chi connectivity index (χ3n) is 4.00. The predicted molar refractivity (Wildman–Crippen MR) is 90.2 cm³/mol. The van der Waals surface area contributed by atoms with Crippen LogP contribution in [0.25, 0.3) is 0 Å². The molecule has 1 aliphatic rings. The van der Waals surface area contributed by atoms with E-state index in [2.05, 4.69) is 10.2 Å². The van der Waals surface area contributed by atoms with E-state index < -0.39 is 0 Å². The van der Waals surface area contributed by atoms with E-state index in [1.165, 1.54) is 0 Å². The third kappa shape index (κ3) is 5.82. The smallest absolute Gasteiger partial charge is 0.251 e. The van der Waals surface area contributed by atoms with Crippen molar-refractivity contribution in [3.8, 4) is 0 Å². The molecule has 0 aromatic heterocycles. The van der Waals surface area contributed by atoms with Gasteiger partial charge in [-0.2, -0.15) is 0 Å². The minimum atomic E-state index is -0.376. The fourth-order valence-corrected chi connectivity index (χ4v) is 2.59. The van der Waals surface area contributed by atoms with E-state index in [-0.39, 0.29) is 11.8 Å². The molecule has 1 aromatic carbocycles. The van der Waals surface area contributed by atoms with Crippen LogP contribution in [0.15, 0.2) is 24.3 Å². The van der Waals surface area contributed by atoms with Crippen molar-refractivity contribution in [1.29, 1.82) is 0 Å². The average Bonchev–Trinajstić information content (AvgIpc) is 2.65. The number of nitrogens with one attached hydrogen (secondary N) is 2. The summed E-state index contributed by atoms with van der Waals surface area (Å²) in [6, 6.07) is 7.61. The minimum Gasteiger partial charge on any atom is -0.378 e. The van der Waals surface area contributed by atoms with Gasteiger partial charge in [0.15, 0.2) is 0 Å². The Morgan fingerprint density at radius 3 is 2.46 bits per heavy atom. The minimum absolute atomic E-state index is 0.0865. The third-order valence-corrected chi connectivity index (χ3v) is 4.00. The first-order valence-electron chi connectivity index (χ1n) is 8.34. The number of rotatable bonds is 8. The van der Waals surface area contributed by atoms with Crippen molar-refractivity contribution in [3.05, 3.63) is 29.8 Å².